The molecule has 1 aromatic heterocycles. The normalized spacial score (nSPS) is 10.9. The van der Waals surface area contributed by atoms with Crippen molar-refractivity contribution >= 4 is 22.5 Å². The van der Waals surface area contributed by atoms with Crippen molar-refractivity contribution < 1.29 is 9.13 Å². The van der Waals surface area contributed by atoms with Crippen LogP contribution in [0.4, 0.5) is 4.39 Å². The molecule has 0 unspecified atom stereocenters. The molecule has 1 aromatic carbocycles. The van der Waals surface area contributed by atoms with Crippen molar-refractivity contribution in [1.29, 1.82) is 0 Å². The lowest BCUT2D eigenvalue weighted by atomic mass is 10.2. The second-order valence-corrected chi connectivity index (χ2v) is 3.58. The smallest absolute Gasteiger partial charge is 0.190 e. The van der Waals surface area contributed by atoms with E-state index in [2.05, 4.69) is 4.98 Å². The summed E-state index contributed by atoms with van der Waals surface area (Å²) < 4.78 is 18.7. The van der Waals surface area contributed by atoms with Crippen molar-refractivity contribution in [2.75, 3.05) is 7.11 Å². The molecule has 0 radical (unpaired) electrons. The summed E-state index contributed by atoms with van der Waals surface area (Å²) in [7, 11) is 1.38. The molecule has 80 valence electrons. The van der Waals surface area contributed by atoms with Gasteiger partial charge in [-0.3, -0.25) is 0 Å². The van der Waals surface area contributed by atoms with E-state index in [1.165, 1.54) is 7.11 Å². The van der Waals surface area contributed by atoms with Crippen LogP contribution in [0.15, 0.2) is 12.1 Å². The van der Waals surface area contributed by atoms with E-state index < -0.39 is 5.82 Å². The summed E-state index contributed by atoms with van der Waals surface area (Å²) in [6, 6.07) is 3.41. The van der Waals surface area contributed by atoms with Gasteiger partial charge in [0.25, 0.3) is 0 Å². The molecule has 0 aliphatic heterocycles. The molecule has 2 aromatic rings. The highest BCUT2D eigenvalue weighted by molar-refractivity contribution is 6.32. The van der Waals surface area contributed by atoms with Crippen LogP contribution in [0.1, 0.15) is 5.69 Å². The number of nitrogens with one attached hydrogen (secondary N) is 1. The second-order valence-electron chi connectivity index (χ2n) is 3.17. The van der Waals surface area contributed by atoms with Gasteiger partial charge in [0.15, 0.2) is 11.6 Å². The Balaban J connectivity index is 2.76. The van der Waals surface area contributed by atoms with E-state index in [1.54, 1.807) is 12.1 Å². The average molecular weight is 229 g/mol. The summed E-state index contributed by atoms with van der Waals surface area (Å²) >= 11 is 5.85. The molecule has 5 heteroatoms. The van der Waals surface area contributed by atoms with Gasteiger partial charge in [0.1, 0.15) is 0 Å². The minimum Gasteiger partial charge on any atom is -0.492 e. The quantitative estimate of drug-likeness (QED) is 0.830. The SMILES string of the molecule is COc1c(Cl)cc2cc(CN)[nH]c2c1F. The molecule has 0 saturated heterocycles. The Morgan fingerprint density at radius 1 is 1.53 bits per heavy atom. The van der Waals surface area contributed by atoms with Gasteiger partial charge in [0, 0.05) is 17.6 Å². The fourth-order valence-electron chi connectivity index (χ4n) is 1.54. The predicted octanol–water partition coefficient (Wildman–Crippen LogP) is 2.43. The first-order valence-corrected chi connectivity index (χ1v) is 4.78. The zero-order chi connectivity index (χ0) is 11.0. The number of aromatic nitrogens is 1. The van der Waals surface area contributed by atoms with Crippen LogP contribution >= 0.6 is 11.6 Å². The second kappa shape index (κ2) is 3.72. The molecular formula is C10H10ClFN2O. The first-order valence-electron chi connectivity index (χ1n) is 4.41. The van der Waals surface area contributed by atoms with Gasteiger partial charge in [-0.15, -0.1) is 0 Å². The van der Waals surface area contributed by atoms with Crippen LogP contribution in [0.3, 0.4) is 0 Å². The number of ether oxygens (including phenoxy) is 1. The van der Waals surface area contributed by atoms with Crippen molar-refractivity contribution in [2.45, 2.75) is 6.54 Å². The third-order valence-corrected chi connectivity index (χ3v) is 2.53. The number of methoxy groups -OCH3 is 1. The molecule has 0 atom stereocenters. The summed E-state index contributed by atoms with van der Waals surface area (Å²) in [6.45, 7) is 0.327. The number of fused-ring (bicyclic) bond motifs is 1. The summed E-state index contributed by atoms with van der Waals surface area (Å²) in [5.41, 5.74) is 6.58. The summed E-state index contributed by atoms with van der Waals surface area (Å²) in [5, 5.41) is 0.948. The zero-order valence-corrected chi connectivity index (χ0v) is 8.86. The lowest BCUT2D eigenvalue weighted by molar-refractivity contribution is 0.389. The van der Waals surface area contributed by atoms with Gasteiger partial charge >= 0.3 is 0 Å². The first-order chi connectivity index (χ1) is 7.17. The van der Waals surface area contributed by atoms with Gasteiger partial charge in [0.2, 0.25) is 0 Å². The number of nitrogens with two attached hydrogens (primary N) is 1. The van der Waals surface area contributed by atoms with Crippen molar-refractivity contribution in [3.05, 3.63) is 28.7 Å². The van der Waals surface area contributed by atoms with Gasteiger partial charge in [-0.05, 0) is 12.1 Å². The summed E-state index contributed by atoms with van der Waals surface area (Å²) in [4.78, 5) is 2.88. The zero-order valence-electron chi connectivity index (χ0n) is 8.10. The highest BCUT2D eigenvalue weighted by atomic mass is 35.5. The van der Waals surface area contributed by atoms with Gasteiger partial charge in [-0.1, -0.05) is 11.6 Å². The van der Waals surface area contributed by atoms with Crippen LogP contribution in [0.2, 0.25) is 5.02 Å². The van der Waals surface area contributed by atoms with E-state index in [1.807, 2.05) is 0 Å². The Labute approximate surface area is 91.0 Å². The number of hydrogen-bond donors (Lipinski definition) is 2. The van der Waals surface area contributed by atoms with Gasteiger partial charge in [0.05, 0.1) is 17.6 Å². The lowest BCUT2D eigenvalue weighted by Gasteiger charge is -2.04. The Bertz CT molecular complexity index is 510. The molecule has 3 nitrogen and oxygen atoms in total. The summed E-state index contributed by atoms with van der Waals surface area (Å²) in [5.74, 6) is -0.436. The molecule has 0 spiro atoms. The van der Waals surface area contributed by atoms with Crippen molar-refractivity contribution in [1.82, 2.24) is 4.98 Å². The molecule has 15 heavy (non-hydrogen) atoms. The minimum absolute atomic E-state index is 0.0505. The molecule has 0 aliphatic rings. The van der Waals surface area contributed by atoms with E-state index in [0.29, 0.717) is 17.4 Å². The molecule has 2 rings (SSSR count). The fourth-order valence-corrected chi connectivity index (χ4v) is 1.82. The Hall–Kier alpha value is -1.26. The van der Waals surface area contributed by atoms with Crippen molar-refractivity contribution in [3.8, 4) is 5.75 Å². The number of aromatic amines is 1. The third-order valence-electron chi connectivity index (χ3n) is 2.25. The lowest BCUT2D eigenvalue weighted by Crippen LogP contribution is -1.95. The maximum Gasteiger partial charge on any atom is 0.190 e. The Kier molecular flexibility index (Phi) is 2.54. The predicted molar refractivity (Wildman–Crippen MR) is 57.7 cm³/mol. The number of benzene rings is 1. The number of rotatable bonds is 2. The van der Waals surface area contributed by atoms with Crippen LogP contribution in [-0.2, 0) is 6.54 Å². The fraction of sp³-hybridized carbons (Fsp3) is 0.200. The van der Waals surface area contributed by atoms with E-state index in [9.17, 15) is 4.39 Å². The molecular weight excluding hydrogens is 219 g/mol. The summed E-state index contributed by atoms with van der Waals surface area (Å²) in [6.07, 6.45) is 0. The number of hydrogen-bond acceptors (Lipinski definition) is 2. The van der Waals surface area contributed by atoms with Gasteiger partial charge in [-0.25, -0.2) is 4.39 Å². The van der Waals surface area contributed by atoms with Gasteiger partial charge in [-0.2, -0.15) is 0 Å². The molecule has 0 aliphatic carbocycles. The Morgan fingerprint density at radius 3 is 2.87 bits per heavy atom. The standard InChI is InChI=1S/C10H10ClFN2O/c1-15-10-7(11)3-5-2-6(4-13)14-9(5)8(10)12/h2-3,14H,4,13H2,1H3. The minimum atomic E-state index is -0.486. The molecule has 3 N–H and O–H groups in total. The molecule has 0 saturated carbocycles. The van der Waals surface area contributed by atoms with Crippen LogP contribution < -0.4 is 10.5 Å². The van der Waals surface area contributed by atoms with E-state index in [-0.39, 0.29) is 10.8 Å². The van der Waals surface area contributed by atoms with Crippen LogP contribution in [-0.4, -0.2) is 12.1 Å². The monoisotopic (exact) mass is 228 g/mol. The highest BCUT2D eigenvalue weighted by Gasteiger charge is 2.14. The van der Waals surface area contributed by atoms with Crippen molar-refractivity contribution in [3.63, 3.8) is 0 Å². The van der Waals surface area contributed by atoms with Crippen molar-refractivity contribution in [2.24, 2.45) is 5.73 Å². The molecule has 0 fully saturated rings. The first kappa shape index (κ1) is 10.3. The average Bonchev–Trinajstić information content (AvgIpc) is 2.61. The van der Waals surface area contributed by atoms with Crippen LogP contribution in [0.5, 0.6) is 5.75 Å². The maximum atomic E-state index is 13.8. The molecule has 0 amide bonds. The van der Waals surface area contributed by atoms with E-state index >= 15 is 0 Å². The maximum absolute atomic E-state index is 13.8. The van der Waals surface area contributed by atoms with E-state index in [4.69, 9.17) is 22.1 Å². The Morgan fingerprint density at radius 2 is 2.27 bits per heavy atom. The van der Waals surface area contributed by atoms with Gasteiger partial charge < -0.3 is 15.5 Å². The largest absolute Gasteiger partial charge is 0.492 e. The topological polar surface area (TPSA) is 51.0 Å². The molecule has 0 bridgehead atoms. The third kappa shape index (κ3) is 1.56. The molecule has 1 heterocycles. The number of H-pyrrole nitrogens is 1. The number of halogens is 2. The highest BCUT2D eigenvalue weighted by Crippen LogP contribution is 2.33. The van der Waals surface area contributed by atoms with Crippen LogP contribution in [0, 0.1) is 5.82 Å². The van der Waals surface area contributed by atoms with E-state index in [0.717, 1.165) is 5.69 Å². The van der Waals surface area contributed by atoms with Crippen LogP contribution in [0.25, 0.3) is 10.9 Å².